The summed E-state index contributed by atoms with van der Waals surface area (Å²) in [7, 11) is 0. The zero-order chi connectivity index (χ0) is 15.2. The van der Waals surface area contributed by atoms with Gasteiger partial charge in [-0.05, 0) is 62.9 Å². The highest BCUT2D eigenvalue weighted by Crippen LogP contribution is 2.23. The highest BCUT2D eigenvalue weighted by Gasteiger charge is 2.21. The maximum Gasteiger partial charge on any atom is 0.238 e. The molecule has 0 spiro atoms. The van der Waals surface area contributed by atoms with Crippen molar-refractivity contribution in [1.29, 1.82) is 0 Å². The van der Waals surface area contributed by atoms with Crippen LogP contribution in [0.1, 0.15) is 24.8 Å². The van der Waals surface area contributed by atoms with Crippen LogP contribution in [0.3, 0.4) is 0 Å². The van der Waals surface area contributed by atoms with E-state index in [0.717, 1.165) is 43.7 Å². The molecule has 0 bridgehead atoms. The van der Waals surface area contributed by atoms with Gasteiger partial charge in [-0.15, -0.1) is 0 Å². The molecule has 0 radical (unpaired) electrons. The molecular formula is C16H24ClN3O. The average Bonchev–Trinajstić information content (AvgIpc) is 2.44. The van der Waals surface area contributed by atoms with Gasteiger partial charge in [0.15, 0.2) is 0 Å². The van der Waals surface area contributed by atoms with E-state index in [9.17, 15) is 4.79 Å². The summed E-state index contributed by atoms with van der Waals surface area (Å²) >= 11 is 6.07. The Balaban J connectivity index is 1.88. The molecule has 4 nitrogen and oxygen atoms in total. The fourth-order valence-corrected chi connectivity index (χ4v) is 3.08. The van der Waals surface area contributed by atoms with E-state index in [4.69, 9.17) is 17.3 Å². The quantitative estimate of drug-likeness (QED) is 0.879. The molecule has 2 rings (SSSR count). The van der Waals surface area contributed by atoms with Gasteiger partial charge in [0.1, 0.15) is 0 Å². The molecule has 3 N–H and O–H groups in total. The van der Waals surface area contributed by atoms with Gasteiger partial charge in [0.05, 0.1) is 6.54 Å². The van der Waals surface area contributed by atoms with Gasteiger partial charge in [-0.25, -0.2) is 0 Å². The van der Waals surface area contributed by atoms with Gasteiger partial charge in [-0.1, -0.05) is 17.7 Å². The third kappa shape index (κ3) is 4.70. The van der Waals surface area contributed by atoms with Gasteiger partial charge in [0.2, 0.25) is 5.91 Å². The maximum atomic E-state index is 12.2. The lowest BCUT2D eigenvalue weighted by molar-refractivity contribution is -0.117. The van der Waals surface area contributed by atoms with Crippen molar-refractivity contribution < 1.29 is 4.79 Å². The van der Waals surface area contributed by atoms with E-state index < -0.39 is 0 Å². The van der Waals surface area contributed by atoms with Crippen LogP contribution in [-0.2, 0) is 4.79 Å². The van der Waals surface area contributed by atoms with Crippen molar-refractivity contribution in [1.82, 2.24) is 4.90 Å². The molecule has 1 amide bonds. The van der Waals surface area contributed by atoms with Crippen molar-refractivity contribution in [3.05, 3.63) is 28.8 Å². The third-order valence-electron chi connectivity index (χ3n) is 4.09. The number of nitrogens with one attached hydrogen (secondary N) is 1. The number of piperidine rings is 1. The topological polar surface area (TPSA) is 58.4 Å². The highest BCUT2D eigenvalue weighted by molar-refractivity contribution is 6.31. The molecule has 0 saturated carbocycles. The van der Waals surface area contributed by atoms with Gasteiger partial charge >= 0.3 is 0 Å². The molecule has 1 unspecified atom stereocenters. The van der Waals surface area contributed by atoms with E-state index >= 15 is 0 Å². The molecule has 5 heteroatoms. The smallest absolute Gasteiger partial charge is 0.238 e. The Bertz CT molecular complexity index is 490. The molecule has 1 fully saturated rings. The van der Waals surface area contributed by atoms with E-state index in [1.54, 1.807) is 0 Å². The molecule has 0 aromatic heterocycles. The fourth-order valence-electron chi connectivity index (χ4n) is 2.90. The number of halogens is 1. The maximum absolute atomic E-state index is 12.2. The number of rotatable bonds is 5. The van der Waals surface area contributed by atoms with Gasteiger partial charge in [-0.2, -0.15) is 0 Å². The SMILES string of the molecule is Cc1c(Cl)cccc1NC(=O)CN1CCCC(CCN)C1. The Morgan fingerprint density at radius 3 is 3.10 bits per heavy atom. The van der Waals surface area contributed by atoms with Crippen LogP contribution in [0, 0.1) is 12.8 Å². The highest BCUT2D eigenvalue weighted by atomic mass is 35.5. The van der Waals surface area contributed by atoms with Gasteiger partial charge in [0.25, 0.3) is 0 Å². The van der Waals surface area contributed by atoms with E-state index in [1.165, 1.54) is 6.42 Å². The second-order valence-corrected chi connectivity index (χ2v) is 6.19. The lowest BCUT2D eigenvalue weighted by atomic mass is 9.95. The van der Waals surface area contributed by atoms with Gasteiger partial charge in [0, 0.05) is 17.3 Å². The standard InChI is InChI=1S/C16H24ClN3O/c1-12-14(17)5-2-6-15(12)19-16(21)11-20-9-3-4-13(10-20)7-8-18/h2,5-6,13H,3-4,7-11,18H2,1H3,(H,19,21). The molecule has 1 heterocycles. The fraction of sp³-hybridized carbons (Fsp3) is 0.562. The third-order valence-corrected chi connectivity index (χ3v) is 4.50. The molecule has 1 aromatic rings. The molecule has 1 aromatic carbocycles. The van der Waals surface area contributed by atoms with Crippen molar-refractivity contribution in [2.45, 2.75) is 26.2 Å². The minimum atomic E-state index is 0.0220. The van der Waals surface area contributed by atoms with Crippen molar-refractivity contribution in [2.75, 3.05) is 31.5 Å². The monoisotopic (exact) mass is 309 g/mol. The number of nitrogens with zero attached hydrogens (tertiary/aromatic N) is 1. The number of nitrogens with two attached hydrogens (primary N) is 1. The summed E-state index contributed by atoms with van der Waals surface area (Å²) in [4.78, 5) is 14.4. The molecule has 116 valence electrons. The molecule has 21 heavy (non-hydrogen) atoms. The predicted molar refractivity (Wildman–Crippen MR) is 87.7 cm³/mol. The molecule has 1 aliphatic rings. The minimum absolute atomic E-state index is 0.0220. The van der Waals surface area contributed by atoms with Crippen LogP contribution < -0.4 is 11.1 Å². The summed E-state index contributed by atoms with van der Waals surface area (Å²) in [6, 6.07) is 5.56. The number of likely N-dealkylation sites (tertiary alicyclic amines) is 1. The van der Waals surface area contributed by atoms with E-state index in [1.807, 2.05) is 25.1 Å². The van der Waals surface area contributed by atoms with Crippen LogP contribution in [-0.4, -0.2) is 37.0 Å². The number of hydrogen-bond donors (Lipinski definition) is 2. The number of anilines is 1. The first-order valence-electron chi connectivity index (χ1n) is 7.57. The van der Waals surface area contributed by atoms with Crippen LogP contribution in [0.5, 0.6) is 0 Å². The summed E-state index contributed by atoms with van der Waals surface area (Å²) in [5.41, 5.74) is 7.33. The Morgan fingerprint density at radius 1 is 1.52 bits per heavy atom. The largest absolute Gasteiger partial charge is 0.330 e. The molecule has 1 aliphatic heterocycles. The van der Waals surface area contributed by atoms with Crippen LogP contribution >= 0.6 is 11.6 Å². The first-order chi connectivity index (χ1) is 10.1. The zero-order valence-corrected chi connectivity index (χ0v) is 13.3. The normalized spacial score (nSPS) is 19.5. The van der Waals surface area contributed by atoms with Crippen molar-refractivity contribution in [3.63, 3.8) is 0 Å². The first-order valence-corrected chi connectivity index (χ1v) is 7.95. The summed E-state index contributed by atoms with van der Waals surface area (Å²) < 4.78 is 0. The van der Waals surface area contributed by atoms with E-state index in [0.29, 0.717) is 17.5 Å². The van der Waals surface area contributed by atoms with Gasteiger partial charge < -0.3 is 11.1 Å². The van der Waals surface area contributed by atoms with Crippen molar-refractivity contribution in [3.8, 4) is 0 Å². The number of carbonyl (C=O) groups excluding carboxylic acids is 1. The van der Waals surface area contributed by atoms with Gasteiger partial charge in [-0.3, -0.25) is 9.69 Å². The number of hydrogen-bond acceptors (Lipinski definition) is 3. The first kappa shape index (κ1) is 16.3. The van der Waals surface area contributed by atoms with Crippen LogP contribution in [0.15, 0.2) is 18.2 Å². The summed E-state index contributed by atoms with van der Waals surface area (Å²) in [5.74, 6) is 0.651. The van der Waals surface area contributed by atoms with Crippen LogP contribution in [0.2, 0.25) is 5.02 Å². The minimum Gasteiger partial charge on any atom is -0.330 e. The lowest BCUT2D eigenvalue weighted by Gasteiger charge is -2.32. The summed E-state index contributed by atoms with van der Waals surface area (Å²) in [5, 5.41) is 3.63. The Kier molecular flexibility index (Phi) is 6.03. The number of amides is 1. The Morgan fingerprint density at radius 2 is 2.33 bits per heavy atom. The molecule has 1 atom stereocenters. The molecule has 1 saturated heterocycles. The molecule has 0 aliphatic carbocycles. The van der Waals surface area contributed by atoms with E-state index in [2.05, 4.69) is 10.2 Å². The number of benzene rings is 1. The Hall–Kier alpha value is -1.10. The van der Waals surface area contributed by atoms with Crippen molar-refractivity contribution in [2.24, 2.45) is 11.7 Å². The average molecular weight is 310 g/mol. The second-order valence-electron chi connectivity index (χ2n) is 5.78. The van der Waals surface area contributed by atoms with Crippen LogP contribution in [0.25, 0.3) is 0 Å². The van der Waals surface area contributed by atoms with E-state index in [-0.39, 0.29) is 5.91 Å². The van der Waals surface area contributed by atoms with Crippen LogP contribution in [0.4, 0.5) is 5.69 Å². The Labute approximate surface area is 131 Å². The van der Waals surface area contributed by atoms with Crippen molar-refractivity contribution >= 4 is 23.2 Å². The second kappa shape index (κ2) is 7.78. The molecular weight excluding hydrogens is 286 g/mol. The number of carbonyl (C=O) groups is 1. The summed E-state index contributed by atoms with van der Waals surface area (Å²) in [6.45, 7) is 5.04. The lowest BCUT2D eigenvalue weighted by Crippen LogP contribution is -2.41. The predicted octanol–water partition coefficient (Wildman–Crippen LogP) is 2.65. The zero-order valence-electron chi connectivity index (χ0n) is 12.6. The summed E-state index contributed by atoms with van der Waals surface area (Å²) in [6.07, 6.45) is 3.42.